The topological polar surface area (TPSA) is 27.1 Å². The summed E-state index contributed by atoms with van der Waals surface area (Å²) >= 11 is 1.44. The molecule has 0 aliphatic rings. The first kappa shape index (κ1) is 11.4. The van der Waals surface area contributed by atoms with E-state index in [0.29, 0.717) is 5.17 Å². The summed E-state index contributed by atoms with van der Waals surface area (Å²) < 4.78 is 0. The fourth-order valence-corrected chi connectivity index (χ4v) is 0.548. The average molecular weight is 146 g/mol. The van der Waals surface area contributed by atoms with Crippen LogP contribution in [0.2, 0.25) is 0 Å². The van der Waals surface area contributed by atoms with Crippen molar-refractivity contribution >= 4 is 16.9 Å². The Morgan fingerprint density at radius 3 is 1.78 bits per heavy atom. The number of hydrogen-bond donors (Lipinski definition) is 1. The van der Waals surface area contributed by atoms with Gasteiger partial charge >= 0.3 is 0 Å². The van der Waals surface area contributed by atoms with Gasteiger partial charge < -0.3 is 4.90 Å². The standard InChI is InChI=1S/C4H10N2S.C2H4/c1-6(2)4(5)7-3;1-2/h5H,1-3H3;1-2H2. The van der Waals surface area contributed by atoms with Crippen molar-refractivity contribution in [2.75, 3.05) is 20.4 Å². The minimum atomic E-state index is 0.597. The lowest BCUT2D eigenvalue weighted by molar-refractivity contribution is 0.632. The van der Waals surface area contributed by atoms with Crippen molar-refractivity contribution in [2.24, 2.45) is 0 Å². The quantitative estimate of drug-likeness (QED) is 0.319. The number of nitrogens with zero attached hydrogens (tertiary/aromatic N) is 1. The second kappa shape index (κ2) is 7.56. The monoisotopic (exact) mass is 146 g/mol. The van der Waals surface area contributed by atoms with Gasteiger partial charge in [-0.2, -0.15) is 0 Å². The highest BCUT2D eigenvalue weighted by molar-refractivity contribution is 8.13. The Hall–Kier alpha value is -0.440. The zero-order chi connectivity index (χ0) is 7.86. The van der Waals surface area contributed by atoms with Gasteiger partial charge in [-0.05, 0) is 6.26 Å². The van der Waals surface area contributed by atoms with Crippen LogP contribution in [0.3, 0.4) is 0 Å². The van der Waals surface area contributed by atoms with Gasteiger partial charge in [0.1, 0.15) is 0 Å². The Morgan fingerprint density at radius 1 is 1.44 bits per heavy atom. The maximum absolute atomic E-state index is 7.08. The predicted octanol–water partition coefficient (Wildman–Crippen LogP) is 1.65. The third kappa shape index (κ3) is 7.56. The van der Waals surface area contributed by atoms with E-state index in [0.717, 1.165) is 0 Å². The van der Waals surface area contributed by atoms with Crippen LogP contribution in [0.4, 0.5) is 0 Å². The SMILES string of the molecule is C=C.CSC(=N)N(C)C. The summed E-state index contributed by atoms with van der Waals surface area (Å²) in [7, 11) is 3.72. The van der Waals surface area contributed by atoms with Crippen LogP contribution in [0.1, 0.15) is 0 Å². The molecule has 0 atom stereocenters. The minimum Gasteiger partial charge on any atom is -0.358 e. The van der Waals surface area contributed by atoms with Gasteiger partial charge in [-0.25, -0.2) is 0 Å². The second-order valence-corrected chi connectivity index (χ2v) is 2.20. The molecule has 2 nitrogen and oxygen atoms in total. The van der Waals surface area contributed by atoms with Crippen LogP contribution in [0.5, 0.6) is 0 Å². The molecule has 0 aromatic heterocycles. The van der Waals surface area contributed by atoms with E-state index in [1.54, 1.807) is 4.90 Å². The largest absolute Gasteiger partial charge is 0.358 e. The highest BCUT2D eigenvalue weighted by Gasteiger charge is 1.90. The van der Waals surface area contributed by atoms with E-state index in [9.17, 15) is 0 Å². The third-order valence-corrected chi connectivity index (χ3v) is 1.35. The molecule has 0 radical (unpaired) electrons. The lowest BCUT2D eigenvalue weighted by Gasteiger charge is -2.08. The van der Waals surface area contributed by atoms with Crippen LogP contribution < -0.4 is 0 Å². The molecule has 0 fully saturated rings. The van der Waals surface area contributed by atoms with Gasteiger partial charge in [0, 0.05) is 14.1 Å². The number of amidine groups is 1. The lowest BCUT2D eigenvalue weighted by Crippen LogP contribution is -2.16. The molecule has 3 heteroatoms. The zero-order valence-electron chi connectivity index (χ0n) is 6.27. The van der Waals surface area contributed by atoms with E-state index in [2.05, 4.69) is 13.2 Å². The molecule has 0 saturated carbocycles. The normalized spacial score (nSPS) is 7.00. The molecule has 0 aliphatic carbocycles. The predicted molar refractivity (Wildman–Crippen MR) is 46.2 cm³/mol. The minimum absolute atomic E-state index is 0.597. The second-order valence-electron chi connectivity index (χ2n) is 1.40. The lowest BCUT2D eigenvalue weighted by atomic mass is 10.9. The molecule has 0 amide bonds. The van der Waals surface area contributed by atoms with Crippen molar-refractivity contribution in [1.29, 1.82) is 5.41 Å². The molecule has 9 heavy (non-hydrogen) atoms. The van der Waals surface area contributed by atoms with Crippen molar-refractivity contribution in [3.05, 3.63) is 13.2 Å². The van der Waals surface area contributed by atoms with Crippen molar-refractivity contribution in [2.45, 2.75) is 0 Å². The van der Waals surface area contributed by atoms with Crippen LogP contribution in [0.15, 0.2) is 13.2 Å². The van der Waals surface area contributed by atoms with Gasteiger partial charge in [-0.1, -0.05) is 11.8 Å². The third-order valence-electron chi connectivity index (χ3n) is 0.600. The molecule has 0 bridgehead atoms. The first-order valence-corrected chi connectivity index (χ1v) is 3.71. The van der Waals surface area contributed by atoms with E-state index in [1.165, 1.54) is 11.8 Å². The number of hydrogen-bond acceptors (Lipinski definition) is 2. The summed E-state index contributed by atoms with van der Waals surface area (Å²) in [5.74, 6) is 0. The Morgan fingerprint density at radius 2 is 1.78 bits per heavy atom. The average Bonchev–Trinajstić information content (AvgIpc) is 1.91. The summed E-state index contributed by atoms with van der Waals surface area (Å²) in [6.07, 6.45) is 1.89. The van der Waals surface area contributed by atoms with Crippen LogP contribution in [0.25, 0.3) is 0 Å². The summed E-state index contributed by atoms with van der Waals surface area (Å²) in [6, 6.07) is 0. The fourth-order valence-electron chi connectivity index (χ4n) is 0.183. The van der Waals surface area contributed by atoms with Crippen LogP contribution in [-0.2, 0) is 0 Å². The van der Waals surface area contributed by atoms with Gasteiger partial charge in [-0.15, -0.1) is 13.2 Å². The molecule has 0 aliphatic heterocycles. The van der Waals surface area contributed by atoms with Crippen LogP contribution in [-0.4, -0.2) is 30.4 Å². The molecule has 0 aromatic carbocycles. The molecule has 0 aromatic rings. The molecular formula is C6H14N2S. The highest BCUT2D eigenvalue weighted by atomic mass is 32.2. The number of rotatable bonds is 0. The summed E-state index contributed by atoms with van der Waals surface area (Å²) in [5, 5.41) is 7.68. The van der Waals surface area contributed by atoms with Crippen molar-refractivity contribution in [3.63, 3.8) is 0 Å². The molecule has 0 unspecified atom stereocenters. The van der Waals surface area contributed by atoms with E-state index < -0.39 is 0 Å². The maximum Gasteiger partial charge on any atom is 0.155 e. The molecular weight excluding hydrogens is 132 g/mol. The van der Waals surface area contributed by atoms with Crippen molar-refractivity contribution in [1.82, 2.24) is 4.90 Å². The van der Waals surface area contributed by atoms with Gasteiger partial charge in [0.25, 0.3) is 0 Å². The Bertz CT molecular complexity index is 81.1. The fraction of sp³-hybridized carbons (Fsp3) is 0.500. The first-order valence-electron chi connectivity index (χ1n) is 2.48. The van der Waals surface area contributed by atoms with Crippen LogP contribution in [0, 0.1) is 5.41 Å². The maximum atomic E-state index is 7.08. The van der Waals surface area contributed by atoms with Crippen molar-refractivity contribution in [3.8, 4) is 0 Å². The van der Waals surface area contributed by atoms with Gasteiger partial charge in [0.05, 0.1) is 0 Å². The summed E-state index contributed by atoms with van der Waals surface area (Å²) in [5.41, 5.74) is 0. The number of thioether (sulfide) groups is 1. The highest BCUT2D eigenvalue weighted by Crippen LogP contribution is 1.95. The van der Waals surface area contributed by atoms with Crippen molar-refractivity contribution < 1.29 is 0 Å². The Balaban J connectivity index is 0. The van der Waals surface area contributed by atoms with Gasteiger partial charge in [0.15, 0.2) is 5.17 Å². The molecule has 0 rings (SSSR count). The summed E-state index contributed by atoms with van der Waals surface area (Å²) in [4.78, 5) is 1.77. The summed E-state index contributed by atoms with van der Waals surface area (Å²) in [6.45, 7) is 6.00. The smallest absolute Gasteiger partial charge is 0.155 e. The molecule has 1 N–H and O–H groups in total. The van der Waals surface area contributed by atoms with E-state index >= 15 is 0 Å². The van der Waals surface area contributed by atoms with Gasteiger partial charge in [0.2, 0.25) is 0 Å². The first-order chi connectivity index (χ1) is 4.18. The molecule has 0 spiro atoms. The Kier molecular flexibility index (Phi) is 9.55. The van der Waals surface area contributed by atoms with E-state index in [-0.39, 0.29) is 0 Å². The van der Waals surface area contributed by atoms with Gasteiger partial charge in [-0.3, -0.25) is 5.41 Å². The van der Waals surface area contributed by atoms with Crippen LogP contribution >= 0.6 is 11.8 Å². The molecule has 0 heterocycles. The molecule has 54 valence electrons. The Labute approximate surface area is 61.4 Å². The van der Waals surface area contributed by atoms with E-state index in [4.69, 9.17) is 5.41 Å². The zero-order valence-corrected chi connectivity index (χ0v) is 7.09. The van der Waals surface area contributed by atoms with E-state index in [1.807, 2.05) is 20.4 Å². The number of nitrogens with one attached hydrogen (secondary N) is 1. The molecule has 0 saturated heterocycles.